The standard InChI is InChI=1S/C12H16N2O5/c1-18-9-4-3-7(5-10(9)19-2)8(15)6-14-12(17)11(13)16/h3-5,8,15H,6H2,1-2H3,(H2,13,16)(H,14,17). The van der Waals surface area contributed by atoms with E-state index in [9.17, 15) is 14.7 Å². The summed E-state index contributed by atoms with van der Waals surface area (Å²) >= 11 is 0. The number of nitrogens with one attached hydrogen (secondary N) is 1. The lowest BCUT2D eigenvalue weighted by Gasteiger charge is -2.14. The van der Waals surface area contributed by atoms with E-state index in [0.29, 0.717) is 17.1 Å². The quantitative estimate of drug-likeness (QED) is 0.614. The minimum atomic E-state index is -1.10. The molecule has 7 nitrogen and oxygen atoms in total. The fourth-order valence-electron chi connectivity index (χ4n) is 1.45. The number of primary amides is 1. The molecule has 0 heterocycles. The molecule has 1 aromatic rings. The van der Waals surface area contributed by atoms with Crippen LogP contribution in [0.25, 0.3) is 0 Å². The van der Waals surface area contributed by atoms with Gasteiger partial charge in [-0.3, -0.25) is 9.59 Å². The molecule has 19 heavy (non-hydrogen) atoms. The summed E-state index contributed by atoms with van der Waals surface area (Å²) in [5.74, 6) is -1.06. The molecular formula is C12H16N2O5. The molecule has 1 aromatic carbocycles. The van der Waals surface area contributed by atoms with Crippen molar-refractivity contribution in [2.75, 3.05) is 20.8 Å². The first kappa shape index (κ1) is 14.8. The highest BCUT2D eigenvalue weighted by Crippen LogP contribution is 2.29. The topological polar surface area (TPSA) is 111 Å². The number of aliphatic hydroxyl groups excluding tert-OH is 1. The fraction of sp³-hybridized carbons (Fsp3) is 0.333. The Morgan fingerprint density at radius 3 is 2.47 bits per heavy atom. The van der Waals surface area contributed by atoms with Crippen molar-refractivity contribution in [3.63, 3.8) is 0 Å². The molecule has 0 aliphatic heterocycles. The minimum Gasteiger partial charge on any atom is -0.493 e. The number of methoxy groups -OCH3 is 2. The number of benzene rings is 1. The molecule has 4 N–H and O–H groups in total. The SMILES string of the molecule is COc1ccc(C(O)CNC(=O)C(N)=O)cc1OC. The Labute approximate surface area is 110 Å². The monoisotopic (exact) mass is 268 g/mol. The lowest BCUT2D eigenvalue weighted by atomic mass is 10.1. The van der Waals surface area contributed by atoms with Crippen LogP contribution in [0.2, 0.25) is 0 Å². The van der Waals surface area contributed by atoms with E-state index in [1.165, 1.54) is 14.2 Å². The van der Waals surface area contributed by atoms with Crippen LogP contribution in [-0.4, -0.2) is 37.7 Å². The van der Waals surface area contributed by atoms with E-state index >= 15 is 0 Å². The van der Waals surface area contributed by atoms with Crippen LogP contribution in [0.1, 0.15) is 11.7 Å². The van der Waals surface area contributed by atoms with Crippen LogP contribution in [0.4, 0.5) is 0 Å². The third-order valence-electron chi connectivity index (χ3n) is 2.47. The molecule has 0 aromatic heterocycles. The summed E-state index contributed by atoms with van der Waals surface area (Å²) in [7, 11) is 2.98. The average Bonchev–Trinajstić information content (AvgIpc) is 2.43. The third-order valence-corrected chi connectivity index (χ3v) is 2.47. The average molecular weight is 268 g/mol. The maximum atomic E-state index is 11.0. The molecule has 0 radical (unpaired) electrons. The summed E-state index contributed by atoms with van der Waals surface area (Å²) in [4.78, 5) is 21.5. The molecule has 0 fully saturated rings. The molecule has 1 rings (SSSR count). The molecule has 0 aliphatic rings. The molecule has 0 bridgehead atoms. The van der Waals surface area contributed by atoms with Crippen molar-refractivity contribution < 1.29 is 24.2 Å². The Morgan fingerprint density at radius 1 is 1.32 bits per heavy atom. The van der Waals surface area contributed by atoms with Gasteiger partial charge in [-0.25, -0.2) is 0 Å². The molecule has 0 spiro atoms. The number of hydrogen-bond acceptors (Lipinski definition) is 5. The second kappa shape index (κ2) is 6.60. The largest absolute Gasteiger partial charge is 0.493 e. The minimum absolute atomic E-state index is 0.128. The van der Waals surface area contributed by atoms with Crippen molar-refractivity contribution in [1.29, 1.82) is 0 Å². The van der Waals surface area contributed by atoms with E-state index < -0.39 is 17.9 Å². The normalized spacial score (nSPS) is 11.5. The Hall–Kier alpha value is -2.28. The molecule has 0 saturated carbocycles. The van der Waals surface area contributed by atoms with Crippen molar-refractivity contribution in [2.24, 2.45) is 5.73 Å². The number of rotatable bonds is 5. The first-order chi connectivity index (χ1) is 8.99. The van der Waals surface area contributed by atoms with Gasteiger partial charge in [0.25, 0.3) is 0 Å². The van der Waals surface area contributed by atoms with Crippen LogP contribution in [0.5, 0.6) is 11.5 Å². The van der Waals surface area contributed by atoms with Gasteiger partial charge in [-0.15, -0.1) is 0 Å². The van der Waals surface area contributed by atoms with Crippen LogP contribution < -0.4 is 20.5 Å². The molecule has 104 valence electrons. The predicted octanol–water partition coefficient (Wildman–Crippen LogP) is -0.661. The maximum absolute atomic E-state index is 11.0. The highest BCUT2D eigenvalue weighted by Gasteiger charge is 2.14. The molecule has 0 aliphatic carbocycles. The molecular weight excluding hydrogens is 252 g/mol. The van der Waals surface area contributed by atoms with Crippen molar-refractivity contribution in [3.8, 4) is 11.5 Å². The van der Waals surface area contributed by atoms with E-state index in [4.69, 9.17) is 15.2 Å². The highest BCUT2D eigenvalue weighted by atomic mass is 16.5. The van der Waals surface area contributed by atoms with E-state index in [-0.39, 0.29) is 6.54 Å². The van der Waals surface area contributed by atoms with Gasteiger partial charge in [-0.2, -0.15) is 0 Å². The summed E-state index contributed by atoms with van der Waals surface area (Å²) in [6.45, 7) is -0.128. The van der Waals surface area contributed by atoms with Gasteiger partial charge in [0.05, 0.1) is 20.3 Å². The van der Waals surface area contributed by atoms with Gasteiger partial charge in [0.2, 0.25) is 0 Å². The van der Waals surface area contributed by atoms with Crippen molar-refractivity contribution in [3.05, 3.63) is 23.8 Å². The van der Waals surface area contributed by atoms with E-state index in [2.05, 4.69) is 5.32 Å². The van der Waals surface area contributed by atoms with Crippen molar-refractivity contribution in [2.45, 2.75) is 6.10 Å². The maximum Gasteiger partial charge on any atom is 0.309 e. The van der Waals surface area contributed by atoms with Gasteiger partial charge in [-0.05, 0) is 17.7 Å². The van der Waals surface area contributed by atoms with Crippen LogP contribution in [-0.2, 0) is 9.59 Å². The van der Waals surface area contributed by atoms with Crippen LogP contribution in [0.3, 0.4) is 0 Å². The number of nitrogens with two attached hydrogens (primary N) is 1. The van der Waals surface area contributed by atoms with Gasteiger partial charge in [0.15, 0.2) is 11.5 Å². The Bertz CT molecular complexity index is 475. The number of carbonyl (C=O) groups excluding carboxylic acids is 2. The zero-order chi connectivity index (χ0) is 14.4. The van der Waals surface area contributed by atoms with Gasteiger partial charge >= 0.3 is 11.8 Å². The van der Waals surface area contributed by atoms with E-state index in [1.54, 1.807) is 18.2 Å². The fourth-order valence-corrected chi connectivity index (χ4v) is 1.45. The molecule has 1 atom stereocenters. The second-order valence-electron chi connectivity index (χ2n) is 3.70. The molecule has 2 amide bonds. The van der Waals surface area contributed by atoms with Crippen LogP contribution >= 0.6 is 0 Å². The summed E-state index contributed by atoms with van der Waals surface area (Å²) in [5.41, 5.74) is 5.29. The number of carbonyl (C=O) groups is 2. The highest BCUT2D eigenvalue weighted by molar-refractivity contribution is 6.34. The van der Waals surface area contributed by atoms with Gasteiger partial charge in [-0.1, -0.05) is 6.07 Å². The lowest BCUT2D eigenvalue weighted by molar-refractivity contribution is -0.137. The number of hydrogen-bond donors (Lipinski definition) is 3. The van der Waals surface area contributed by atoms with Gasteiger partial charge in [0.1, 0.15) is 0 Å². The van der Waals surface area contributed by atoms with Crippen molar-refractivity contribution in [1.82, 2.24) is 5.32 Å². The Kier molecular flexibility index (Phi) is 5.13. The van der Waals surface area contributed by atoms with Gasteiger partial charge in [0, 0.05) is 6.54 Å². The van der Waals surface area contributed by atoms with Crippen LogP contribution in [0.15, 0.2) is 18.2 Å². The molecule has 1 unspecified atom stereocenters. The lowest BCUT2D eigenvalue weighted by Crippen LogP contribution is -2.38. The third kappa shape index (κ3) is 3.85. The zero-order valence-electron chi connectivity index (χ0n) is 10.7. The van der Waals surface area contributed by atoms with Gasteiger partial charge < -0.3 is 25.6 Å². The van der Waals surface area contributed by atoms with Crippen molar-refractivity contribution >= 4 is 11.8 Å². The summed E-state index contributed by atoms with van der Waals surface area (Å²) in [6, 6.07) is 4.84. The zero-order valence-corrected chi connectivity index (χ0v) is 10.7. The number of aliphatic hydroxyl groups is 1. The number of amides is 2. The second-order valence-corrected chi connectivity index (χ2v) is 3.70. The Balaban J connectivity index is 2.74. The predicted molar refractivity (Wildman–Crippen MR) is 66.7 cm³/mol. The number of ether oxygens (including phenoxy) is 2. The Morgan fingerprint density at radius 2 is 1.95 bits per heavy atom. The summed E-state index contributed by atoms with van der Waals surface area (Å²) in [5, 5.41) is 12.1. The summed E-state index contributed by atoms with van der Waals surface area (Å²) < 4.78 is 10.2. The van der Waals surface area contributed by atoms with E-state index in [1.807, 2.05) is 0 Å². The summed E-state index contributed by atoms with van der Waals surface area (Å²) in [6.07, 6.45) is -0.983. The van der Waals surface area contributed by atoms with Crippen LogP contribution in [0, 0.1) is 0 Å². The first-order valence-electron chi connectivity index (χ1n) is 5.47. The van der Waals surface area contributed by atoms with E-state index in [0.717, 1.165) is 0 Å². The molecule has 0 saturated heterocycles. The molecule has 7 heteroatoms. The first-order valence-corrected chi connectivity index (χ1v) is 5.47. The smallest absolute Gasteiger partial charge is 0.309 e.